The quantitative estimate of drug-likeness (QED) is 0.585. The number of aliphatic hydroxyl groups is 1. The molecule has 0 saturated heterocycles. The van der Waals surface area contributed by atoms with Gasteiger partial charge in [0.15, 0.2) is 6.61 Å². The fourth-order valence-electron chi connectivity index (χ4n) is 4.28. The smallest absolute Gasteiger partial charge is 0.270 e. The van der Waals surface area contributed by atoms with Crippen LogP contribution in [0, 0.1) is 11.8 Å². The molecule has 164 valence electrons. The predicted octanol–water partition coefficient (Wildman–Crippen LogP) is 2.97. The Morgan fingerprint density at radius 1 is 1.03 bits per heavy atom. The molecule has 2 atom stereocenters. The number of carbonyl (C=O) groups is 2. The van der Waals surface area contributed by atoms with Crippen molar-refractivity contribution < 1.29 is 19.4 Å². The predicted molar refractivity (Wildman–Crippen MR) is 116 cm³/mol. The highest BCUT2D eigenvalue weighted by atomic mass is 35.5. The molecular weight excluding hydrogens is 441 g/mol. The van der Waals surface area contributed by atoms with Gasteiger partial charge in [-0.2, -0.15) is 0 Å². The highest BCUT2D eigenvalue weighted by molar-refractivity contribution is 6.42. The van der Waals surface area contributed by atoms with Gasteiger partial charge in [-0.25, -0.2) is 0 Å². The molecule has 3 fully saturated rings. The van der Waals surface area contributed by atoms with E-state index in [1.54, 1.807) is 30.3 Å². The Labute approximate surface area is 190 Å². The number of nitrogens with zero attached hydrogens (tertiary/aromatic N) is 1. The van der Waals surface area contributed by atoms with E-state index >= 15 is 0 Å². The van der Waals surface area contributed by atoms with Crippen LogP contribution in [-0.4, -0.2) is 40.6 Å². The first kappa shape index (κ1) is 21.9. The summed E-state index contributed by atoms with van der Waals surface area (Å²) in [7, 11) is 0. The summed E-state index contributed by atoms with van der Waals surface area (Å²) in [6.45, 7) is -0.269. The van der Waals surface area contributed by atoms with Gasteiger partial charge in [0.1, 0.15) is 11.4 Å². The molecule has 31 heavy (non-hydrogen) atoms. The van der Waals surface area contributed by atoms with Crippen molar-refractivity contribution in [2.45, 2.75) is 38.0 Å². The highest BCUT2D eigenvalue weighted by Gasteiger charge is 2.47. The second-order valence-electron chi connectivity index (χ2n) is 8.05. The standard InChI is InChI=1S/C22H23Cl2N3O4/c23-16-2-1-15(8-17(16)24)31-11-21(29)26-18-9-19(14-6-13(18)7-14)27-22(30)20-5-12(10-28)3-4-25-20/h1-5,8,13-14,18-19,28H,6-7,9-11H2,(H,26,29)(H,27,30)/t13?,14?,18-,19?/m0/s1. The van der Waals surface area contributed by atoms with Crippen molar-refractivity contribution in [3.8, 4) is 5.75 Å². The normalized spacial score (nSPS) is 24.1. The van der Waals surface area contributed by atoms with Gasteiger partial charge in [-0.05, 0) is 60.9 Å². The lowest BCUT2D eigenvalue weighted by molar-refractivity contribution is -0.125. The van der Waals surface area contributed by atoms with Gasteiger partial charge in [-0.1, -0.05) is 23.2 Å². The third-order valence-corrected chi connectivity index (χ3v) is 6.76. The number of carbonyl (C=O) groups excluding carboxylic acids is 2. The van der Waals surface area contributed by atoms with Gasteiger partial charge in [-0.3, -0.25) is 14.6 Å². The number of benzene rings is 1. The molecule has 9 heteroatoms. The van der Waals surface area contributed by atoms with Crippen molar-refractivity contribution in [3.63, 3.8) is 0 Å². The molecule has 5 rings (SSSR count). The van der Waals surface area contributed by atoms with Gasteiger partial charge < -0.3 is 20.5 Å². The van der Waals surface area contributed by atoms with Crippen LogP contribution in [0.15, 0.2) is 36.5 Å². The average Bonchev–Trinajstić information content (AvgIpc) is 2.73. The molecule has 3 saturated carbocycles. The van der Waals surface area contributed by atoms with E-state index in [1.165, 1.54) is 6.20 Å². The van der Waals surface area contributed by atoms with E-state index in [1.807, 2.05) is 0 Å². The van der Waals surface area contributed by atoms with E-state index in [4.69, 9.17) is 27.9 Å². The van der Waals surface area contributed by atoms with Gasteiger partial charge in [-0.15, -0.1) is 0 Å². The number of fused-ring (bicyclic) bond motifs is 2. The highest BCUT2D eigenvalue weighted by Crippen LogP contribution is 2.45. The van der Waals surface area contributed by atoms with Crippen LogP contribution < -0.4 is 15.4 Å². The fourth-order valence-corrected chi connectivity index (χ4v) is 4.57. The number of hydrogen-bond donors (Lipinski definition) is 3. The van der Waals surface area contributed by atoms with Crippen molar-refractivity contribution in [1.82, 2.24) is 15.6 Å². The van der Waals surface area contributed by atoms with E-state index in [2.05, 4.69) is 15.6 Å². The molecule has 1 unspecified atom stereocenters. The Balaban J connectivity index is 1.30. The minimum Gasteiger partial charge on any atom is -0.484 e. The second-order valence-corrected chi connectivity index (χ2v) is 8.87. The first-order valence-electron chi connectivity index (χ1n) is 10.2. The molecule has 2 aromatic rings. The van der Waals surface area contributed by atoms with E-state index < -0.39 is 0 Å². The molecule has 3 aliphatic rings. The largest absolute Gasteiger partial charge is 0.484 e. The topological polar surface area (TPSA) is 101 Å². The van der Waals surface area contributed by atoms with Crippen LogP contribution >= 0.6 is 23.2 Å². The first-order valence-corrected chi connectivity index (χ1v) is 10.9. The maximum absolute atomic E-state index is 12.6. The number of hydrogen-bond acceptors (Lipinski definition) is 5. The zero-order valence-corrected chi connectivity index (χ0v) is 18.2. The molecule has 7 nitrogen and oxygen atoms in total. The van der Waals surface area contributed by atoms with Crippen molar-refractivity contribution in [2.75, 3.05) is 6.61 Å². The molecule has 2 bridgehead atoms. The van der Waals surface area contributed by atoms with Crippen LogP contribution in [0.25, 0.3) is 0 Å². The van der Waals surface area contributed by atoms with Gasteiger partial charge in [0, 0.05) is 24.3 Å². The summed E-state index contributed by atoms with van der Waals surface area (Å²) in [5, 5.41) is 16.1. The minimum absolute atomic E-state index is 0.0167. The van der Waals surface area contributed by atoms with Crippen LogP contribution in [0.3, 0.4) is 0 Å². The van der Waals surface area contributed by atoms with Gasteiger partial charge >= 0.3 is 0 Å². The number of halogens is 2. The number of aliphatic hydroxyl groups excluding tert-OH is 1. The number of amides is 2. The average molecular weight is 464 g/mol. The summed E-state index contributed by atoms with van der Waals surface area (Å²) >= 11 is 11.8. The molecule has 0 aliphatic heterocycles. The molecule has 1 heterocycles. The third-order valence-electron chi connectivity index (χ3n) is 6.02. The Morgan fingerprint density at radius 3 is 2.48 bits per heavy atom. The molecule has 1 aromatic heterocycles. The Kier molecular flexibility index (Phi) is 6.65. The van der Waals surface area contributed by atoms with Crippen molar-refractivity contribution in [1.29, 1.82) is 0 Å². The summed E-state index contributed by atoms with van der Waals surface area (Å²) in [5.74, 6) is 0.820. The van der Waals surface area contributed by atoms with Crippen LogP contribution in [0.1, 0.15) is 35.3 Å². The van der Waals surface area contributed by atoms with Gasteiger partial charge in [0.2, 0.25) is 0 Å². The third kappa shape index (κ3) is 5.11. The summed E-state index contributed by atoms with van der Waals surface area (Å²) < 4.78 is 5.51. The lowest BCUT2D eigenvalue weighted by atomic mass is 9.60. The van der Waals surface area contributed by atoms with E-state index in [0.29, 0.717) is 39.6 Å². The van der Waals surface area contributed by atoms with Crippen molar-refractivity contribution >= 4 is 35.0 Å². The Hall–Kier alpha value is -2.35. The molecule has 1 aromatic carbocycles. The maximum atomic E-state index is 12.6. The molecule has 2 amide bonds. The number of aromatic nitrogens is 1. The lowest BCUT2D eigenvalue weighted by Crippen LogP contribution is -2.60. The molecular formula is C22H23Cl2N3O4. The van der Waals surface area contributed by atoms with E-state index in [-0.39, 0.29) is 42.8 Å². The molecule has 3 N–H and O–H groups in total. The molecule has 3 aliphatic carbocycles. The second kappa shape index (κ2) is 9.42. The maximum Gasteiger partial charge on any atom is 0.270 e. The first-order chi connectivity index (χ1) is 14.9. The van der Waals surface area contributed by atoms with E-state index in [0.717, 1.165) is 12.8 Å². The number of pyridine rings is 1. The van der Waals surface area contributed by atoms with Crippen LogP contribution in [0.4, 0.5) is 0 Å². The summed E-state index contributed by atoms with van der Waals surface area (Å²) in [4.78, 5) is 29.1. The van der Waals surface area contributed by atoms with Crippen LogP contribution in [0.5, 0.6) is 5.75 Å². The van der Waals surface area contributed by atoms with Gasteiger partial charge in [0.25, 0.3) is 11.8 Å². The molecule has 0 radical (unpaired) electrons. The number of nitrogens with one attached hydrogen (secondary N) is 2. The SMILES string of the molecule is O=C(COc1ccc(Cl)c(Cl)c1)N[C@H]1CC(NC(=O)c2cc(CO)ccn2)C2CC1C2. The monoisotopic (exact) mass is 463 g/mol. The van der Waals surface area contributed by atoms with Gasteiger partial charge in [0.05, 0.1) is 16.7 Å². The zero-order valence-electron chi connectivity index (χ0n) is 16.7. The van der Waals surface area contributed by atoms with Crippen molar-refractivity contribution in [3.05, 3.63) is 57.8 Å². The fraction of sp³-hybridized carbons (Fsp3) is 0.409. The lowest BCUT2D eigenvalue weighted by Gasteiger charge is -2.51. The van der Waals surface area contributed by atoms with E-state index in [9.17, 15) is 14.7 Å². The van der Waals surface area contributed by atoms with Crippen molar-refractivity contribution in [2.24, 2.45) is 11.8 Å². The number of ether oxygens (including phenoxy) is 1. The Morgan fingerprint density at radius 2 is 1.77 bits per heavy atom. The summed E-state index contributed by atoms with van der Waals surface area (Å²) in [6.07, 6.45) is 4.11. The minimum atomic E-state index is -0.265. The summed E-state index contributed by atoms with van der Waals surface area (Å²) in [6, 6.07) is 8.05. The number of rotatable bonds is 7. The Bertz CT molecular complexity index is 981. The van der Waals surface area contributed by atoms with Crippen LogP contribution in [0.2, 0.25) is 10.0 Å². The van der Waals surface area contributed by atoms with Crippen LogP contribution in [-0.2, 0) is 11.4 Å². The summed E-state index contributed by atoms with van der Waals surface area (Å²) in [5.41, 5.74) is 0.920. The zero-order chi connectivity index (χ0) is 22.0. The molecule has 0 spiro atoms.